The first-order valence-corrected chi connectivity index (χ1v) is 9.67. The van der Waals surface area contributed by atoms with E-state index in [1.807, 2.05) is 24.3 Å². The number of hydrogen-bond donors (Lipinski definition) is 2. The topological polar surface area (TPSA) is 64.7 Å². The van der Waals surface area contributed by atoms with E-state index in [0.717, 1.165) is 24.7 Å². The Bertz CT molecular complexity index is 825. The molecule has 2 aromatic rings. The maximum atomic E-state index is 12.3. The highest BCUT2D eigenvalue weighted by Crippen LogP contribution is 2.24. The van der Waals surface area contributed by atoms with Crippen LogP contribution in [-0.2, 0) is 0 Å². The third-order valence-corrected chi connectivity index (χ3v) is 5.05. The smallest absolute Gasteiger partial charge is 0.323 e. The van der Waals surface area contributed by atoms with E-state index in [2.05, 4.69) is 22.5 Å². The van der Waals surface area contributed by atoms with E-state index in [-0.39, 0.29) is 11.9 Å². The summed E-state index contributed by atoms with van der Waals surface area (Å²) in [6, 6.07) is 14.5. The maximum Gasteiger partial charge on any atom is 0.323 e. The van der Waals surface area contributed by atoms with Crippen molar-refractivity contribution in [3.8, 4) is 0 Å². The van der Waals surface area contributed by atoms with Crippen molar-refractivity contribution in [2.45, 2.75) is 19.8 Å². The number of anilines is 3. The molecule has 2 N–H and O–H groups in total. The van der Waals surface area contributed by atoms with Gasteiger partial charge in [-0.2, -0.15) is 0 Å². The van der Waals surface area contributed by atoms with Crippen LogP contribution in [-0.4, -0.2) is 44.0 Å². The number of urea groups is 1. The maximum absolute atomic E-state index is 12.3. The van der Waals surface area contributed by atoms with Crippen LogP contribution in [0.1, 0.15) is 30.1 Å². The molecule has 0 unspecified atom stereocenters. The lowest BCUT2D eigenvalue weighted by atomic mass is 9.99. The highest BCUT2D eigenvalue weighted by molar-refractivity contribution is 6.01. The van der Waals surface area contributed by atoms with E-state index in [0.29, 0.717) is 11.3 Å². The third kappa shape index (κ3) is 5.03. The fourth-order valence-corrected chi connectivity index (χ4v) is 3.30. The van der Waals surface area contributed by atoms with E-state index in [9.17, 15) is 9.59 Å². The number of rotatable bonds is 4. The summed E-state index contributed by atoms with van der Waals surface area (Å²) >= 11 is 0. The van der Waals surface area contributed by atoms with Crippen molar-refractivity contribution in [1.82, 2.24) is 4.90 Å². The normalized spacial score (nSPS) is 14.5. The highest BCUT2D eigenvalue weighted by atomic mass is 16.2. The van der Waals surface area contributed by atoms with Crippen LogP contribution in [0.15, 0.2) is 48.5 Å². The molecule has 0 aliphatic carbocycles. The van der Waals surface area contributed by atoms with Crippen LogP contribution in [0.2, 0.25) is 0 Å². The number of nitrogens with one attached hydrogen (secondary N) is 2. The largest absolute Gasteiger partial charge is 0.372 e. The highest BCUT2D eigenvalue weighted by Gasteiger charge is 2.16. The second kappa shape index (κ2) is 8.78. The fourth-order valence-electron chi connectivity index (χ4n) is 3.30. The van der Waals surface area contributed by atoms with Crippen LogP contribution in [0, 0.1) is 5.92 Å². The quantitative estimate of drug-likeness (QED) is 0.833. The van der Waals surface area contributed by atoms with Crippen LogP contribution in [0.3, 0.4) is 0 Å². The molecule has 0 saturated carbocycles. The van der Waals surface area contributed by atoms with Crippen molar-refractivity contribution in [3.05, 3.63) is 54.1 Å². The van der Waals surface area contributed by atoms with E-state index in [4.69, 9.17) is 0 Å². The van der Waals surface area contributed by atoms with Gasteiger partial charge < -0.3 is 20.4 Å². The van der Waals surface area contributed by atoms with Gasteiger partial charge in [0.2, 0.25) is 0 Å². The monoisotopic (exact) mass is 380 g/mol. The Morgan fingerprint density at radius 2 is 1.61 bits per heavy atom. The summed E-state index contributed by atoms with van der Waals surface area (Å²) < 4.78 is 0. The van der Waals surface area contributed by atoms with Crippen molar-refractivity contribution in [1.29, 1.82) is 0 Å². The molecule has 0 atom stereocenters. The van der Waals surface area contributed by atoms with E-state index in [1.165, 1.54) is 23.4 Å². The molecule has 28 heavy (non-hydrogen) atoms. The van der Waals surface area contributed by atoms with Gasteiger partial charge in [-0.1, -0.05) is 13.0 Å². The molecular weight excluding hydrogens is 352 g/mol. The van der Waals surface area contributed by atoms with Gasteiger partial charge in [-0.15, -0.1) is 0 Å². The summed E-state index contributed by atoms with van der Waals surface area (Å²) in [5.74, 6) is 0.694. The van der Waals surface area contributed by atoms with E-state index >= 15 is 0 Å². The molecule has 0 bridgehead atoms. The zero-order valence-electron chi connectivity index (χ0n) is 16.7. The van der Waals surface area contributed by atoms with Gasteiger partial charge in [-0.3, -0.25) is 4.79 Å². The van der Waals surface area contributed by atoms with Crippen LogP contribution in [0.25, 0.3) is 0 Å². The van der Waals surface area contributed by atoms with Gasteiger partial charge in [0.05, 0.1) is 0 Å². The Morgan fingerprint density at radius 1 is 0.964 bits per heavy atom. The number of benzene rings is 2. The lowest BCUT2D eigenvalue weighted by molar-refractivity contribution is 0.0827. The van der Waals surface area contributed by atoms with Gasteiger partial charge in [0.15, 0.2) is 0 Å². The molecule has 3 amide bonds. The minimum Gasteiger partial charge on any atom is -0.372 e. The Kier molecular flexibility index (Phi) is 6.19. The van der Waals surface area contributed by atoms with Crippen molar-refractivity contribution in [2.24, 2.45) is 5.92 Å². The first-order valence-electron chi connectivity index (χ1n) is 9.67. The molecule has 0 aromatic heterocycles. The number of carbonyl (C=O) groups is 2. The first kappa shape index (κ1) is 19.7. The van der Waals surface area contributed by atoms with Gasteiger partial charge >= 0.3 is 6.03 Å². The molecule has 1 heterocycles. The first-order chi connectivity index (χ1) is 13.4. The Hall–Kier alpha value is -3.02. The molecule has 1 saturated heterocycles. The standard InChI is InChI=1S/C22H28N4O2/c1-16-11-13-26(14-12-16)20-9-7-18(8-10-20)23-22(28)24-19-6-4-5-17(15-19)21(27)25(2)3/h4-10,15-16H,11-14H2,1-3H3,(H2,23,24,28). The molecule has 6 heteroatoms. The van der Waals surface area contributed by atoms with Crippen LogP contribution < -0.4 is 15.5 Å². The molecule has 3 rings (SSSR count). The predicted octanol–water partition coefficient (Wildman–Crippen LogP) is 4.27. The summed E-state index contributed by atoms with van der Waals surface area (Å²) in [6.07, 6.45) is 2.44. The number of nitrogens with zero attached hydrogens (tertiary/aromatic N) is 2. The summed E-state index contributed by atoms with van der Waals surface area (Å²) in [7, 11) is 3.40. The van der Waals surface area contributed by atoms with Gasteiger partial charge in [0.1, 0.15) is 0 Å². The zero-order chi connectivity index (χ0) is 20.1. The van der Waals surface area contributed by atoms with Gasteiger partial charge in [0, 0.05) is 49.8 Å². The summed E-state index contributed by atoms with van der Waals surface area (Å²) in [6.45, 7) is 4.46. The predicted molar refractivity (Wildman–Crippen MR) is 114 cm³/mol. The third-order valence-electron chi connectivity index (χ3n) is 5.05. The summed E-state index contributed by atoms with van der Waals surface area (Å²) in [5, 5.41) is 5.61. The number of piperidine rings is 1. The SMILES string of the molecule is CC1CCN(c2ccc(NC(=O)Nc3cccc(C(=O)N(C)C)c3)cc2)CC1. The number of hydrogen-bond acceptors (Lipinski definition) is 3. The lowest BCUT2D eigenvalue weighted by Crippen LogP contribution is -2.32. The fraction of sp³-hybridized carbons (Fsp3) is 0.364. The summed E-state index contributed by atoms with van der Waals surface area (Å²) in [4.78, 5) is 28.2. The molecule has 0 spiro atoms. The minimum atomic E-state index is -0.339. The van der Waals surface area contributed by atoms with Crippen molar-refractivity contribution in [3.63, 3.8) is 0 Å². The second-order valence-electron chi connectivity index (χ2n) is 7.58. The number of carbonyl (C=O) groups excluding carboxylic acids is 2. The zero-order valence-corrected chi connectivity index (χ0v) is 16.7. The van der Waals surface area contributed by atoms with Gasteiger partial charge in [-0.25, -0.2) is 4.79 Å². The van der Waals surface area contributed by atoms with Crippen LogP contribution >= 0.6 is 0 Å². The van der Waals surface area contributed by atoms with Crippen LogP contribution in [0.4, 0.5) is 21.9 Å². The molecule has 1 aliphatic heterocycles. The van der Waals surface area contributed by atoms with Crippen molar-refractivity contribution < 1.29 is 9.59 Å². The second-order valence-corrected chi connectivity index (χ2v) is 7.58. The average Bonchev–Trinajstić information content (AvgIpc) is 2.68. The Morgan fingerprint density at radius 3 is 2.25 bits per heavy atom. The van der Waals surface area contributed by atoms with Crippen molar-refractivity contribution >= 4 is 29.0 Å². The molecule has 0 radical (unpaired) electrons. The van der Waals surface area contributed by atoms with Gasteiger partial charge in [-0.05, 0) is 61.2 Å². The molecule has 1 fully saturated rings. The molecular formula is C22H28N4O2. The Labute approximate surface area is 166 Å². The molecule has 2 aromatic carbocycles. The van der Waals surface area contributed by atoms with E-state index in [1.54, 1.807) is 38.4 Å². The average molecular weight is 380 g/mol. The van der Waals surface area contributed by atoms with E-state index < -0.39 is 0 Å². The lowest BCUT2D eigenvalue weighted by Gasteiger charge is -2.32. The summed E-state index contributed by atoms with van der Waals surface area (Å²) in [5.41, 5.74) is 3.02. The van der Waals surface area contributed by atoms with Gasteiger partial charge in [0.25, 0.3) is 5.91 Å². The molecule has 1 aliphatic rings. The molecule has 6 nitrogen and oxygen atoms in total. The van der Waals surface area contributed by atoms with Crippen LogP contribution in [0.5, 0.6) is 0 Å². The number of amides is 3. The minimum absolute atomic E-state index is 0.105. The van der Waals surface area contributed by atoms with Crippen molar-refractivity contribution in [2.75, 3.05) is 42.7 Å². The Balaban J connectivity index is 1.58. The molecule has 148 valence electrons.